The van der Waals surface area contributed by atoms with Gasteiger partial charge >= 0.3 is 0 Å². The van der Waals surface area contributed by atoms with Crippen molar-refractivity contribution in [1.29, 1.82) is 0 Å². The first-order valence-corrected chi connectivity index (χ1v) is 8.70. The molecule has 0 aliphatic heterocycles. The van der Waals surface area contributed by atoms with Crippen molar-refractivity contribution >= 4 is 39.9 Å². The fraction of sp³-hybridized carbons (Fsp3) is 0.278. The number of benzene rings is 2. The number of hydrogen-bond acceptors (Lipinski definition) is 3. The van der Waals surface area contributed by atoms with Gasteiger partial charge in [0.05, 0.1) is 12.6 Å². The van der Waals surface area contributed by atoms with Crippen LogP contribution in [-0.4, -0.2) is 18.6 Å². The molecule has 0 bridgehead atoms. The molecule has 2 aromatic rings. The third-order valence-electron chi connectivity index (χ3n) is 3.33. The molecule has 0 heterocycles. The molecule has 2 rings (SSSR count). The van der Waals surface area contributed by atoms with E-state index >= 15 is 0 Å². The minimum Gasteiger partial charge on any atom is -0.491 e. The fourth-order valence-electron chi connectivity index (χ4n) is 1.92. The van der Waals surface area contributed by atoms with Crippen molar-refractivity contribution in [2.24, 2.45) is 0 Å². The second kappa shape index (κ2) is 8.76. The van der Waals surface area contributed by atoms with Crippen LogP contribution in [-0.2, 0) is 4.79 Å². The Bertz CT molecular complexity index is 644. The highest BCUT2D eigenvalue weighted by atomic mass is 127. The fourth-order valence-corrected chi connectivity index (χ4v) is 2.28. The summed E-state index contributed by atoms with van der Waals surface area (Å²) in [6.45, 7) is 4.33. The largest absolute Gasteiger partial charge is 0.491 e. The van der Waals surface area contributed by atoms with Crippen molar-refractivity contribution in [2.75, 3.05) is 17.2 Å². The monoisotopic (exact) mass is 424 g/mol. The van der Waals surface area contributed by atoms with Gasteiger partial charge in [0.15, 0.2) is 0 Å². The molecule has 5 heteroatoms. The van der Waals surface area contributed by atoms with Gasteiger partial charge in [0.2, 0.25) is 5.91 Å². The average molecular weight is 424 g/mol. The van der Waals surface area contributed by atoms with E-state index in [1.54, 1.807) is 0 Å². The highest BCUT2D eigenvalue weighted by molar-refractivity contribution is 14.1. The molecule has 122 valence electrons. The van der Waals surface area contributed by atoms with Crippen LogP contribution >= 0.6 is 22.6 Å². The van der Waals surface area contributed by atoms with Gasteiger partial charge in [-0.05, 0) is 72.3 Å². The quantitative estimate of drug-likeness (QED) is 0.643. The molecule has 1 unspecified atom stereocenters. The predicted molar refractivity (Wildman–Crippen MR) is 103 cm³/mol. The van der Waals surface area contributed by atoms with E-state index in [1.165, 1.54) is 0 Å². The molecule has 0 aromatic heterocycles. The van der Waals surface area contributed by atoms with Gasteiger partial charge in [-0.25, -0.2) is 0 Å². The van der Waals surface area contributed by atoms with Crippen molar-refractivity contribution in [3.8, 4) is 5.75 Å². The highest BCUT2D eigenvalue weighted by Crippen LogP contribution is 2.19. The summed E-state index contributed by atoms with van der Waals surface area (Å²) in [6.07, 6.45) is 1.13. The van der Waals surface area contributed by atoms with Gasteiger partial charge in [-0.2, -0.15) is 0 Å². The summed E-state index contributed by atoms with van der Waals surface area (Å²) >= 11 is 2.23. The van der Waals surface area contributed by atoms with Crippen molar-refractivity contribution in [3.05, 3.63) is 52.1 Å². The number of hydrogen-bond donors (Lipinski definition) is 2. The van der Waals surface area contributed by atoms with E-state index in [0.717, 1.165) is 27.1 Å². The number of halogens is 1. The molecular formula is C18H21IN2O2. The van der Waals surface area contributed by atoms with Crippen molar-refractivity contribution in [2.45, 2.75) is 26.4 Å². The lowest BCUT2D eigenvalue weighted by Gasteiger charge is -2.14. The summed E-state index contributed by atoms with van der Waals surface area (Å²) < 4.78 is 6.91. The van der Waals surface area contributed by atoms with E-state index in [2.05, 4.69) is 40.1 Å². The van der Waals surface area contributed by atoms with Gasteiger partial charge in [-0.1, -0.05) is 13.0 Å². The molecule has 0 saturated carbocycles. The zero-order chi connectivity index (χ0) is 16.7. The van der Waals surface area contributed by atoms with Gasteiger partial charge in [0, 0.05) is 21.0 Å². The Hall–Kier alpha value is -1.76. The smallest absolute Gasteiger partial charge is 0.243 e. The van der Waals surface area contributed by atoms with Crippen molar-refractivity contribution in [1.82, 2.24) is 0 Å². The lowest BCUT2D eigenvalue weighted by Crippen LogP contribution is -2.21. The zero-order valence-electron chi connectivity index (χ0n) is 13.3. The molecule has 1 amide bonds. The molecule has 0 fully saturated rings. The van der Waals surface area contributed by atoms with E-state index < -0.39 is 0 Å². The standard InChI is InChI=1S/C18H21IN2O2/c1-3-13(2)23-17-6-4-5-16(11-17)20-12-18(22)21-15-9-7-14(19)8-10-15/h4-11,13,20H,3,12H2,1-2H3,(H,21,22). The summed E-state index contributed by atoms with van der Waals surface area (Å²) in [5.74, 6) is 0.724. The summed E-state index contributed by atoms with van der Waals surface area (Å²) in [5, 5.41) is 5.97. The van der Waals surface area contributed by atoms with Gasteiger partial charge in [-0.15, -0.1) is 0 Å². The Labute approximate surface area is 150 Å². The number of amides is 1. The first-order valence-electron chi connectivity index (χ1n) is 7.63. The Balaban J connectivity index is 1.86. The van der Waals surface area contributed by atoms with Gasteiger partial charge in [0.1, 0.15) is 5.75 Å². The normalized spacial score (nSPS) is 11.6. The molecule has 0 radical (unpaired) electrons. The molecule has 0 aliphatic rings. The van der Waals surface area contributed by atoms with Crippen molar-refractivity contribution < 1.29 is 9.53 Å². The van der Waals surface area contributed by atoms with Crippen molar-refractivity contribution in [3.63, 3.8) is 0 Å². The third-order valence-corrected chi connectivity index (χ3v) is 4.05. The van der Waals surface area contributed by atoms with Crippen LogP contribution in [0.1, 0.15) is 20.3 Å². The summed E-state index contributed by atoms with van der Waals surface area (Å²) in [5.41, 5.74) is 1.66. The number of anilines is 2. The summed E-state index contributed by atoms with van der Waals surface area (Å²) in [7, 11) is 0. The molecule has 23 heavy (non-hydrogen) atoms. The molecule has 0 spiro atoms. The molecule has 0 saturated heterocycles. The molecule has 2 aromatic carbocycles. The molecule has 2 N–H and O–H groups in total. The first-order chi connectivity index (χ1) is 11.1. The van der Waals surface area contributed by atoms with Crippen LogP contribution in [0, 0.1) is 3.57 Å². The van der Waals surface area contributed by atoms with Crippen LogP contribution in [0.4, 0.5) is 11.4 Å². The van der Waals surface area contributed by atoms with Gasteiger partial charge in [-0.3, -0.25) is 4.79 Å². The van der Waals surface area contributed by atoms with E-state index in [4.69, 9.17) is 4.74 Å². The average Bonchev–Trinajstić information content (AvgIpc) is 2.55. The second-order valence-corrected chi connectivity index (χ2v) is 6.52. The minimum atomic E-state index is -0.0838. The molecule has 0 aliphatic carbocycles. The van der Waals surface area contributed by atoms with E-state index in [1.807, 2.05) is 55.5 Å². The second-order valence-electron chi connectivity index (χ2n) is 5.27. The lowest BCUT2D eigenvalue weighted by atomic mass is 10.2. The first kappa shape index (κ1) is 17.6. The van der Waals surface area contributed by atoms with Crippen LogP contribution < -0.4 is 15.4 Å². The third kappa shape index (κ3) is 6.09. The molecule has 4 nitrogen and oxygen atoms in total. The topological polar surface area (TPSA) is 50.4 Å². The number of carbonyl (C=O) groups is 1. The van der Waals surface area contributed by atoms with E-state index in [9.17, 15) is 4.79 Å². The van der Waals surface area contributed by atoms with Crippen LogP contribution in [0.3, 0.4) is 0 Å². The number of ether oxygens (including phenoxy) is 1. The van der Waals surface area contributed by atoms with Gasteiger partial charge in [0.25, 0.3) is 0 Å². The zero-order valence-corrected chi connectivity index (χ0v) is 15.5. The Morgan fingerprint density at radius 1 is 1.17 bits per heavy atom. The Morgan fingerprint density at radius 2 is 1.91 bits per heavy atom. The van der Waals surface area contributed by atoms with Crippen LogP contribution in [0.5, 0.6) is 5.75 Å². The van der Waals surface area contributed by atoms with E-state index in [-0.39, 0.29) is 18.6 Å². The SMILES string of the molecule is CCC(C)Oc1cccc(NCC(=O)Nc2ccc(I)cc2)c1. The number of rotatable bonds is 7. The number of carbonyl (C=O) groups excluding carboxylic acids is 1. The predicted octanol–water partition coefficient (Wildman–Crippen LogP) is 4.52. The van der Waals surface area contributed by atoms with Crippen LogP contribution in [0.2, 0.25) is 0 Å². The van der Waals surface area contributed by atoms with Gasteiger partial charge < -0.3 is 15.4 Å². The number of nitrogens with one attached hydrogen (secondary N) is 2. The Morgan fingerprint density at radius 3 is 2.61 bits per heavy atom. The maximum absolute atomic E-state index is 12.0. The summed E-state index contributed by atoms with van der Waals surface area (Å²) in [6, 6.07) is 15.4. The lowest BCUT2D eigenvalue weighted by molar-refractivity contribution is -0.114. The Kier molecular flexibility index (Phi) is 6.70. The molecule has 1 atom stereocenters. The van der Waals surface area contributed by atoms with Crippen LogP contribution in [0.15, 0.2) is 48.5 Å². The van der Waals surface area contributed by atoms with Crippen LogP contribution in [0.25, 0.3) is 0 Å². The summed E-state index contributed by atoms with van der Waals surface area (Å²) in [4.78, 5) is 12.0. The van der Waals surface area contributed by atoms with E-state index in [0.29, 0.717) is 0 Å². The minimum absolute atomic E-state index is 0.0838. The highest BCUT2D eigenvalue weighted by Gasteiger charge is 2.05. The molecular weight excluding hydrogens is 403 g/mol. The maximum Gasteiger partial charge on any atom is 0.243 e. The maximum atomic E-state index is 12.0.